The Kier molecular flexibility index (Phi) is 6.92. The van der Waals surface area contributed by atoms with Crippen LogP contribution < -0.4 is 0 Å². The van der Waals surface area contributed by atoms with Crippen molar-refractivity contribution in [1.29, 1.82) is 0 Å². The largest absolute Gasteiger partial charge is 0.462 e. The summed E-state index contributed by atoms with van der Waals surface area (Å²) in [6.45, 7) is 1.80. The molecule has 150 valence electrons. The number of esters is 2. The van der Waals surface area contributed by atoms with Crippen LogP contribution >= 0.6 is 11.6 Å². The van der Waals surface area contributed by atoms with Crippen molar-refractivity contribution < 1.29 is 24.2 Å². The summed E-state index contributed by atoms with van der Waals surface area (Å²) in [5.74, 6) is -0.804. The molecule has 5 nitrogen and oxygen atoms in total. The molecule has 1 aromatic rings. The van der Waals surface area contributed by atoms with Gasteiger partial charge in [0.2, 0.25) is 0 Å². The van der Waals surface area contributed by atoms with E-state index in [2.05, 4.69) is 0 Å². The molecule has 0 aromatic heterocycles. The van der Waals surface area contributed by atoms with E-state index in [9.17, 15) is 14.7 Å². The van der Waals surface area contributed by atoms with Crippen molar-refractivity contribution in [3.8, 4) is 0 Å². The molecule has 3 rings (SSSR count). The van der Waals surface area contributed by atoms with E-state index in [-0.39, 0.29) is 30.0 Å². The van der Waals surface area contributed by atoms with Gasteiger partial charge in [-0.25, -0.2) is 4.79 Å². The summed E-state index contributed by atoms with van der Waals surface area (Å²) in [6, 6.07) is 8.82. The van der Waals surface area contributed by atoms with Crippen molar-refractivity contribution in [2.75, 3.05) is 0 Å². The van der Waals surface area contributed by atoms with Crippen LogP contribution in [0.1, 0.15) is 43.0 Å². The van der Waals surface area contributed by atoms with Crippen molar-refractivity contribution in [3.63, 3.8) is 0 Å². The van der Waals surface area contributed by atoms with Gasteiger partial charge in [-0.1, -0.05) is 48.0 Å². The van der Waals surface area contributed by atoms with Gasteiger partial charge in [-0.15, -0.1) is 0 Å². The van der Waals surface area contributed by atoms with E-state index in [0.29, 0.717) is 36.3 Å². The van der Waals surface area contributed by atoms with Gasteiger partial charge in [-0.05, 0) is 31.9 Å². The third kappa shape index (κ3) is 5.24. The lowest BCUT2D eigenvalue weighted by Crippen LogP contribution is -2.25. The van der Waals surface area contributed by atoms with Gasteiger partial charge in [-0.2, -0.15) is 0 Å². The molecule has 1 aromatic carbocycles. The molecule has 6 heteroatoms. The molecule has 2 aliphatic rings. The number of fused-ring (bicyclic) bond motifs is 1. The first-order valence-electron chi connectivity index (χ1n) is 9.58. The summed E-state index contributed by atoms with van der Waals surface area (Å²) in [6.07, 6.45) is 6.20. The summed E-state index contributed by atoms with van der Waals surface area (Å²) < 4.78 is 11.1. The molecule has 0 spiro atoms. The zero-order valence-electron chi connectivity index (χ0n) is 15.8. The lowest BCUT2D eigenvalue weighted by atomic mass is 9.91. The summed E-state index contributed by atoms with van der Waals surface area (Å²) >= 11 is 5.80. The first kappa shape index (κ1) is 20.6. The van der Waals surface area contributed by atoms with Gasteiger partial charge in [0.15, 0.2) is 0 Å². The van der Waals surface area contributed by atoms with Crippen LogP contribution in [0.4, 0.5) is 0 Å². The van der Waals surface area contributed by atoms with Crippen LogP contribution in [0.5, 0.6) is 0 Å². The molecule has 1 aliphatic carbocycles. The summed E-state index contributed by atoms with van der Waals surface area (Å²) in [5.41, 5.74) is 0.488. The Labute approximate surface area is 170 Å². The Hall–Kier alpha value is -2.11. The van der Waals surface area contributed by atoms with Crippen molar-refractivity contribution in [2.45, 2.75) is 50.9 Å². The van der Waals surface area contributed by atoms with E-state index in [1.54, 1.807) is 37.3 Å². The van der Waals surface area contributed by atoms with Gasteiger partial charge < -0.3 is 14.6 Å². The highest BCUT2D eigenvalue weighted by Gasteiger charge is 2.50. The third-order valence-corrected chi connectivity index (χ3v) is 5.42. The zero-order chi connectivity index (χ0) is 20.1. The number of carbonyl (C=O) groups excluding carboxylic acids is 2. The molecule has 2 fully saturated rings. The molecule has 1 aliphatic heterocycles. The predicted octanol–water partition coefficient (Wildman–Crippen LogP) is 4.00. The fraction of sp³-hybridized carbons (Fsp3) is 0.455. The van der Waals surface area contributed by atoms with Gasteiger partial charge in [0.25, 0.3) is 0 Å². The number of halogens is 1. The number of hydrogen-bond acceptors (Lipinski definition) is 5. The molecule has 5 atom stereocenters. The molecule has 28 heavy (non-hydrogen) atoms. The number of rotatable bonds is 7. The highest BCUT2D eigenvalue weighted by atomic mass is 35.5. The summed E-state index contributed by atoms with van der Waals surface area (Å²) in [4.78, 5) is 24.1. The van der Waals surface area contributed by atoms with Gasteiger partial charge in [-0.3, -0.25) is 4.79 Å². The van der Waals surface area contributed by atoms with Gasteiger partial charge in [0.1, 0.15) is 12.2 Å². The molecule has 1 heterocycles. The lowest BCUT2D eigenvalue weighted by molar-refractivity contribution is -0.141. The fourth-order valence-electron chi connectivity index (χ4n) is 3.88. The Bertz CT molecular complexity index is 753. The fourth-order valence-corrected chi connectivity index (χ4v) is 3.98. The van der Waals surface area contributed by atoms with E-state index in [1.165, 1.54) is 0 Å². The number of allylic oxidation sites excluding steroid dienone is 2. The van der Waals surface area contributed by atoms with Crippen LogP contribution in [0.3, 0.4) is 0 Å². The minimum atomic E-state index is -0.630. The normalized spacial score (nSPS) is 28.2. The van der Waals surface area contributed by atoms with Crippen molar-refractivity contribution in [2.24, 2.45) is 11.8 Å². The number of hydrogen-bond donors (Lipinski definition) is 1. The molecule has 1 saturated carbocycles. The van der Waals surface area contributed by atoms with E-state index >= 15 is 0 Å². The maximum Gasteiger partial charge on any atom is 0.338 e. The maximum atomic E-state index is 12.5. The minimum absolute atomic E-state index is 0.0329. The zero-order valence-corrected chi connectivity index (χ0v) is 16.5. The second-order valence-electron chi connectivity index (χ2n) is 7.34. The Morgan fingerprint density at radius 1 is 1.39 bits per heavy atom. The predicted molar refractivity (Wildman–Crippen MR) is 106 cm³/mol. The average Bonchev–Trinajstić information content (AvgIpc) is 3.16. The van der Waals surface area contributed by atoms with Gasteiger partial charge >= 0.3 is 11.9 Å². The van der Waals surface area contributed by atoms with E-state index in [4.69, 9.17) is 21.1 Å². The number of aliphatic hydroxyl groups is 1. The maximum absolute atomic E-state index is 12.5. The Morgan fingerprint density at radius 2 is 2.14 bits per heavy atom. The van der Waals surface area contributed by atoms with Gasteiger partial charge in [0, 0.05) is 23.3 Å². The molecule has 1 saturated heterocycles. The molecule has 0 radical (unpaired) electrons. The Balaban J connectivity index is 1.67. The van der Waals surface area contributed by atoms with Gasteiger partial charge in [0.05, 0.1) is 18.1 Å². The van der Waals surface area contributed by atoms with Crippen LogP contribution in [0.2, 0.25) is 0 Å². The smallest absolute Gasteiger partial charge is 0.338 e. The monoisotopic (exact) mass is 404 g/mol. The summed E-state index contributed by atoms with van der Waals surface area (Å²) in [7, 11) is 0. The number of benzene rings is 1. The average molecular weight is 405 g/mol. The SMILES string of the molecule is C/C(Cl)=C/CC[C@H](O)/C=C/[C@@H]1C2CC(=O)OC2C[C@H]1OC(=O)c1ccccc1. The van der Waals surface area contributed by atoms with Crippen LogP contribution in [-0.4, -0.2) is 35.4 Å². The van der Waals surface area contributed by atoms with Crippen molar-refractivity contribution in [3.05, 3.63) is 59.2 Å². The summed E-state index contributed by atoms with van der Waals surface area (Å²) in [5, 5.41) is 10.9. The third-order valence-electron chi connectivity index (χ3n) is 5.26. The number of ether oxygens (including phenoxy) is 2. The quantitative estimate of drug-likeness (QED) is 0.549. The number of carbonyl (C=O) groups is 2. The second-order valence-corrected chi connectivity index (χ2v) is 7.94. The molecule has 1 N–H and O–H groups in total. The first-order chi connectivity index (χ1) is 13.4. The van der Waals surface area contributed by atoms with Crippen LogP contribution in [-0.2, 0) is 14.3 Å². The molecular weight excluding hydrogens is 380 g/mol. The van der Waals surface area contributed by atoms with Crippen LogP contribution in [0.15, 0.2) is 53.6 Å². The Morgan fingerprint density at radius 3 is 2.86 bits per heavy atom. The molecular formula is C22H25ClO5. The standard InChI is InChI=1S/C22H25ClO5/c1-14(23)6-5-9-16(24)10-11-17-18-12-21(25)27-20(18)13-19(17)28-22(26)15-7-3-2-4-8-15/h2-4,6-8,10-11,16-20,24H,5,9,12-13H2,1H3/b11-10+,14-6-/t16-,17+,18?,19+,20?/m0/s1. The molecule has 0 amide bonds. The van der Waals surface area contributed by atoms with Crippen LogP contribution in [0.25, 0.3) is 0 Å². The molecule has 0 bridgehead atoms. The topological polar surface area (TPSA) is 72.8 Å². The minimum Gasteiger partial charge on any atom is -0.462 e. The lowest BCUT2D eigenvalue weighted by Gasteiger charge is -2.20. The highest BCUT2D eigenvalue weighted by Crippen LogP contribution is 2.43. The molecule has 2 unspecified atom stereocenters. The van der Waals surface area contributed by atoms with Crippen LogP contribution in [0, 0.1) is 11.8 Å². The van der Waals surface area contributed by atoms with Crippen molar-refractivity contribution >= 4 is 23.5 Å². The van der Waals surface area contributed by atoms with E-state index in [1.807, 2.05) is 18.2 Å². The number of aliphatic hydroxyl groups excluding tert-OH is 1. The second kappa shape index (κ2) is 9.39. The first-order valence-corrected chi connectivity index (χ1v) is 9.96. The van der Waals surface area contributed by atoms with Crippen molar-refractivity contribution in [1.82, 2.24) is 0 Å². The highest BCUT2D eigenvalue weighted by molar-refractivity contribution is 6.29. The van der Waals surface area contributed by atoms with E-state index in [0.717, 1.165) is 0 Å². The van der Waals surface area contributed by atoms with E-state index < -0.39 is 12.1 Å².